The Balaban J connectivity index is 1.52. The first-order chi connectivity index (χ1) is 11.8. The summed E-state index contributed by atoms with van der Waals surface area (Å²) in [7, 11) is 1.78. The highest BCUT2D eigenvalue weighted by molar-refractivity contribution is 7.09. The van der Waals surface area contributed by atoms with Gasteiger partial charge in [-0.1, -0.05) is 6.92 Å². The molecule has 132 valence electrons. The lowest BCUT2D eigenvalue weighted by molar-refractivity contribution is 0.105. The Morgan fingerprint density at radius 3 is 2.96 bits per heavy atom. The second-order valence-electron chi connectivity index (χ2n) is 5.25. The monoisotopic (exact) mass is 350 g/mol. The summed E-state index contributed by atoms with van der Waals surface area (Å²) >= 11 is 1.73. The molecule has 0 bridgehead atoms. The lowest BCUT2D eigenvalue weighted by Crippen LogP contribution is -2.39. The first-order valence-corrected chi connectivity index (χ1v) is 9.17. The third-order valence-electron chi connectivity index (χ3n) is 3.38. The minimum Gasteiger partial charge on any atom is -0.467 e. The van der Waals surface area contributed by atoms with E-state index in [1.807, 2.05) is 12.1 Å². The molecule has 24 heavy (non-hydrogen) atoms. The summed E-state index contributed by atoms with van der Waals surface area (Å²) in [6.07, 6.45) is 4.48. The molecule has 2 aromatic rings. The highest BCUT2D eigenvalue weighted by Crippen LogP contribution is 2.10. The van der Waals surface area contributed by atoms with E-state index >= 15 is 0 Å². The van der Waals surface area contributed by atoms with Crippen LogP contribution in [0.2, 0.25) is 0 Å². The number of guanidine groups is 1. The second kappa shape index (κ2) is 10.8. The van der Waals surface area contributed by atoms with Gasteiger partial charge in [-0.05, 0) is 25.0 Å². The molecule has 2 aromatic heterocycles. The molecule has 0 unspecified atom stereocenters. The number of aromatic nitrogens is 1. The molecule has 0 aliphatic carbocycles. The topological polar surface area (TPSA) is 71.7 Å². The molecule has 0 aromatic carbocycles. The Hall–Kier alpha value is -1.86. The SMILES string of the molecule is CCc1nc(CCNC(=NC)NCCCOCc2ccco2)cs1. The zero-order chi connectivity index (χ0) is 17.0. The van der Waals surface area contributed by atoms with Crippen LogP contribution in [0.1, 0.15) is 29.8 Å². The third kappa shape index (κ3) is 6.72. The fourth-order valence-corrected chi connectivity index (χ4v) is 2.88. The van der Waals surface area contributed by atoms with Crippen molar-refractivity contribution >= 4 is 17.3 Å². The van der Waals surface area contributed by atoms with Crippen molar-refractivity contribution in [3.63, 3.8) is 0 Å². The molecule has 0 saturated heterocycles. The first kappa shape index (κ1) is 18.5. The molecular weight excluding hydrogens is 324 g/mol. The second-order valence-corrected chi connectivity index (χ2v) is 6.19. The highest BCUT2D eigenvalue weighted by Gasteiger charge is 2.02. The molecule has 0 atom stereocenters. The van der Waals surface area contributed by atoms with Crippen LogP contribution >= 0.6 is 11.3 Å². The number of aliphatic imine (C=N–C) groups is 1. The van der Waals surface area contributed by atoms with Crippen molar-refractivity contribution in [1.82, 2.24) is 15.6 Å². The zero-order valence-corrected chi connectivity index (χ0v) is 15.2. The number of furan rings is 1. The zero-order valence-electron chi connectivity index (χ0n) is 14.4. The van der Waals surface area contributed by atoms with E-state index in [1.165, 1.54) is 5.01 Å². The largest absolute Gasteiger partial charge is 0.467 e. The van der Waals surface area contributed by atoms with Gasteiger partial charge >= 0.3 is 0 Å². The Bertz CT molecular complexity index is 596. The first-order valence-electron chi connectivity index (χ1n) is 8.29. The Kier molecular flexibility index (Phi) is 8.34. The van der Waals surface area contributed by atoms with Crippen LogP contribution in [0.25, 0.3) is 0 Å². The average Bonchev–Trinajstić information content (AvgIpc) is 3.27. The van der Waals surface area contributed by atoms with Crippen LogP contribution in [0.3, 0.4) is 0 Å². The van der Waals surface area contributed by atoms with Crippen LogP contribution in [0.15, 0.2) is 33.2 Å². The van der Waals surface area contributed by atoms with Crippen molar-refractivity contribution in [1.29, 1.82) is 0 Å². The number of hydrogen-bond donors (Lipinski definition) is 2. The molecule has 0 radical (unpaired) electrons. The molecule has 2 rings (SSSR count). The Morgan fingerprint density at radius 1 is 1.38 bits per heavy atom. The average molecular weight is 350 g/mol. The molecule has 7 heteroatoms. The van der Waals surface area contributed by atoms with Gasteiger partial charge in [0.1, 0.15) is 12.4 Å². The predicted octanol–water partition coefficient (Wildman–Crippen LogP) is 2.61. The number of aryl methyl sites for hydroxylation is 1. The molecule has 2 N–H and O–H groups in total. The number of nitrogens with zero attached hydrogens (tertiary/aromatic N) is 2. The van der Waals surface area contributed by atoms with Gasteiger partial charge in [-0.15, -0.1) is 11.3 Å². The van der Waals surface area contributed by atoms with E-state index < -0.39 is 0 Å². The third-order valence-corrected chi connectivity index (χ3v) is 4.42. The van der Waals surface area contributed by atoms with Crippen LogP contribution in [-0.2, 0) is 24.2 Å². The maximum Gasteiger partial charge on any atom is 0.190 e. The van der Waals surface area contributed by atoms with E-state index in [4.69, 9.17) is 9.15 Å². The van der Waals surface area contributed by atoms with Gasteiger partial charge in [0, 0.05) is 38.5 Å². The smallest absolute Gasteiger partial charge is 0.190 e. The van der Waals surface area contributed by atoms with Crippen molar-refractivity contribution in [2.45, 2.75) is 32.8 Å². The Labute approximate surface area is 147 Å². The van der Waals surface area contributed by atoms with Crippen molar-refractivity contribution in [2.24, 2.45) is 4.99 Å². The number of thiazole rings is 1. The molecule has 0 fully saturated rings. The standard InChI is InChI=1S/C17H26N4O2S/c1-3-16-21-14(13-24-16)7-9-20-17(18-2)19-8-5-10-22-12-15-6-4-11-23-15/h4,6,11,13H,3,5,7-10,12H2,1-2H3,(H2,18,19,20). The summed E-state index contributed by atoms with van der Waals surface area (Å²) in [4.78, 5) is 8.78. The highest BCUT2D eigenvalue weighted by atomic mass is 32.1. The van der Waals surface area contributed by atoms with Gasteiger partial charge in [-0.2, -0.15) is 0 Å². The van der Waals surface area contributed by atoms with E-state index in [0.717, 1.165) is 49.8 Å². The maximum absolute atomic E-state index is 5.54. The van der Waals surface area contributed by atoms with Gasteiger partial charge in [0.25, 0.3) is 0 Å². The lowest BCUT2D eigenvalue weighted by Gasteiger charge is -2.11. The van der Waals surface area contributed by atoms with Crippen molar-refractivity contribution < 1.29 is 9.15 Å². The number of hydrogen-bond acceptors (Lipinski definition) is 5. The van der Waals surface area contributed by atoms with Crippen molar-refractivity contribution in [2.75, 3.05) is 26.7 Å². The predicted molar refractivity (Wildman–Crippen MR) is 97.5 cm³/mol. The molecule has 2 heterocycles. The summed E-state index contributed by atoms with van der Waals surface area (Å²) < 4.78 is 10.8. The number of ether oxygens (including phenoxy) is 1. The van der Waals surface area contributed by atoms with Gasteiger partial charge in [-0.25, -0.2) is 4.98 Å². The van der Waals surface area contributed by atoms with E-state index in [1.54, 1.807) is 24.6 Å². The molecule has 0 spiro atoms. The maximum atomic E-state index is 5.54. The fraction of sp³-hybridized carbons (Fsp3) is 0.529. The minimum atomic E-state index is 0.521. The molecule has 6 nitrogen and oxygen atoms in total. The van der Waals surface area contributed by atoms with Crippen LogP contribution in [-0.4, -0.2) is 37.7 Å². The Morgan fingerprint density at radius 2 is 2.25 bits per heavy atom. The van der Waals surface area contributed by atoms with Crippen LogP contribution < -0.4 is 10.6 Å². The van der Waals surface area contributed by atoms with Crippen LogP contribution in [0.4, 0.5) is 0 Å². The van der Waals surface area contributed by atoms with Gasteiger partial charge in [0.15, 0.2) is 5.96 Å². The number of nitrogens with one attached hydrogen (secondary N) is 2. The van der Waals surface area contributed by atoms with Gasteiger partial charge in [-0.3, -0.25) is 4.99 Å². The van der Waals surface area contributed by atoms with Crippen LogP contribution in [0, 0.1) is 0 Å². The van der Waals surface area contributed by atoms with E-state index in [2.05, 4.69) is 32.9 Å². The molecule has 0 aliphatic rings. The molecule has 0 saturated carbocycles. The summed E-state index contributed by atoms with van der Waals surface area (Å²) in [5, 5.41) is 9.92. The van der Waals surface area contributed by atoms with Crippen molar-refractivity contribution in [3.05, 3.63) is 40.2 Å². The summed E-state index contributed by atoms with van der Waals surface area (Å²) in [5.74, 6) is 1.67. The molecule has 0 aliphatic heterocycles. The van der Waals surface area contributed by atoms with Crippen molar-refractivity contribution in [3.8, 4) is 0 Å². The van der Waals surface area contributed by atoms with Gasteiger partial charge < -0.3 is 19.8 Å². The van der Waals surface area contributed by atoms with Gasteiger partial charge in [0.2, 0.25) is 0 Å². The number of rotatable bonds is 10. The summed E-state index contributed by atoms with van der Waals surface area (Å²) in [6.45, 7) is 4.97. The molecule has 0 amide bonds. The summed E-state index contributed by atoms with van der Waals surface area (Å²) in [5.41, 5.74) is 1.14. The minimum absolute atomic E-state index is 0.521. The normalized spacial score (nSPS) is 11.7. The quantitative estimate of drug-likeness (QED) is 0.391. The fourth-order valence-electron chi connectivity index (χ4n) is 2.10. The van der Waals surface area contributed by atoms with E-state index in [9.17, 15) is 0 Å². The lowest BCUT2D eigenvalue weighted by atomic mass is 10.3. The van der Waals surface area contributed by atoms with Gasteiger partial charge in [0.05, 0.1) is 17.0 Å². The van der Waals surface area contributed by atoms with E-state index in [0.29, 0.717) is 13.2 Å². The summed E-state index contributed by atoms with van der Waals surface area (Å²) in [6, 6.07) is 3.78. The van der Waals surface area contributed by atoms with E-state index in [-0.39, 0.29) is 0 Å². The van der Waals surface area contributed by atoms with Crippen LogP contribution in [0.5, 0.6) is 0 Å². The molecular formula is C17H26N4O2S.